The molecule has 0 radical (unpaired) electrons. The first-order valence-electron chi connectivity index (χ1n) is 11.9. The summed E-state index contributed by atoms with van der Waals surface area (Å²) in [6, 6.07) is 15.3. The van der Waals surface area contributed by atoms with Crippen LogP contribution in [0.5, 0.6) is 0 Å². The highest BCUT2D eigenvalue weighted by Gasteiger charge is 2.48. The van der Waals surface area contributed by atoms with E-state index in [0.29, 0.717) is 31.3 Å². The van der Waals surface area contributed by atoms with Crippen LogP contribution in [0.4, 0.5) is 18.9 Å². The number of benzene rings is 2. The number of alkyl halides is 3. The summed E-state index contributed by atoms with van der Waals surface area (Å²) in [5.41, 5.74) is -3.82. The Morgan fingerprint density at radius 2 is 1.79 bits per heavy atom. The second-order valence-corrected chi connectivity index (χ2v) is 13.6. The summed E-state index contributed by atoms with van der Waals surface area (Å²) in [5.74, 6) is 0.412. The number of fused-ring (bicyclic) bond motifs is 1. The summed E-state index contributed by atoms with van der Waals surface area (Å²) in [6.07, 6.45) is 3.03. The number of hydrogen-bond acceptors (Lipinski definition) is 8. The molecular weight excluding hydrogens is 573 g/mol. The first-order chi connectivity index (χ1) is 18.3. The third-order valence-corrected chi connectivity index (χ3v) is 9.89. The van der Waals surface area contributed by atoms with Crippen molar-refractivity contribution < 1.29 is 30.0 Å². The van der Waals surface area contributed by atoms with Gasteiger partial charge in [0, 0.05) is 42.5 Å². The largest absolute Gasteiger partial charge is 0.501 e. The number of sulfone groups is 1. The quantitative estimate of drug-likeness (QED) is 0.335. The number of sulfonamides is 1. The zero-order chi connectivity index (χ0) is 28.3. The van der Waals surface area contributed by atoms with Gasteiger partial charge in [-0.3, -0.25) is 9.88 Å². The normalized spacial score (nSPS) is 15.5. The van der Waals surface area contributed by atoms with Crippen molar-refractivity contribution in [3.05, 3.63) is 78.1 Å². The van der Waals surface area contributed by atoms with Gasteiger partial charge in [0.1, 0.15) is 4.90 Å². The molecule has 2 heterocycles. The molecule has 1 aromatic heterocycles. The van der Waals surface area contributed by atoms with E-state index in [2.05, 4.69) is 15.2 Å². The van der Waals surface area contributed by atoms with Crippen molar-refractivity contribution in [1.29, 1.82) is 0 Å². The lowest BCUT2D eigenvalue weighted by Crippen LogP contribution is -2.35. The summed E-state index contributed by atoms with van der Waals surface area (Å²) in [7, 11) is -10.3. The molecule has 1 aliphatic rings. The fourth-order valence-electron chi connectivity index (χ4n) is 4.22. The van der Waals surface area contributed by atoms with Crippen LogP contribution in [0.3, 0.4) is 0 Å². The number of nitrogens with zero attached hydrogens (tertiary/aromatic N) is 2. The molecule has 0 spiro atoms. The molecule has 1 atom stereocenters. The van der Waals surface area contributed by atoms with Crippen molar-refractivity contribution in [2.75, 3.05) is 24.2 Å². The van der Waals surface area contributed by atoms with Gasteiger partial charge >= 0.3 is 5.51 Å². The fraction of sp³-hybridized carbons (Fsp3) is 0.320. The van der Waals surface area contributed by atoms with Gasteiger partial charge in [0.15, 0.2) is 0 Å². The zero-order valence-corrected chi connectivity index (χ0v) is 23.1. The van der Waals surface area contributed by atoms with Gasteiger partial charge < -0.3 is 5.32 Å². The summed E-state index contributed by atoms with van der Waals surface area (Å²) in [4.78, 5) is 5.64. The van der Waals surface area contributed by atoms with Crippen molar-refractivity contribution in [1.82, 2.24) is 9.88 Å². The maximum atomic E-state index is 13.5. The van der Waals surface area contributed by atoms with Gasteiger partial charge in [-0.25, -0.2) is 22.0 Å². The SMILES string of the molecule is NS(=O)(=O)c1ccc(N[C@H](CCN2CCc3cccnc3C2)CSc2ccccc2)c(S(=O)(=O)C(F)(F)F)c1. The number of pyridine rings is 1. The van der Waals surface area contributed by atoms with Gasteiger partial charge in [0.25, 0.3) is 9.84 Å². The molecular formula is C25H27F3N4O4S3. The number of primary sulfonamides is 1. The molecule has 0 unspecified atom stereocenters. The second-order valence-electron chi connectivity index (χ2n) is 9.04. The monoisotopic (exact) mass is 600 g/mol. The molecule has 8 nitrogen and oxygen atoms in total. The molecule has 1 aliphatic heterocycles. The van der Waals surface area contributed by atoms with Crippen molar-refractivity contribution in [3.63, 3.8) is 0 Å². The number of aromatic nitrogens is 1. The van der Waals surface area contributed by atoms with Gasteiger partial charge in [-0.05, 0) is 54.8 Å². The van der Waals surface area contributed by atoms with Gasteiger partial charge in [-0.15, -0.1) is 11.8 Å². The molecule has 3 N–H and O–H groups in total. The van der Waals surface area contributed by atoms with Gasteiger partial charge in [-0.2, -0.15) is 13.2 Å². The van der Waals surface area contributed by atoms with Crippen LogP contribution in [0.2, 0.25) is 0 Å². The van der Waals surface area contributed by atoms with Crippen LogP contribution in [-0.4, -0.2) is 57.1 Å². The second kappa shape index (κ2) is 11.8. The highest BCUT2D eigenvalue weighted by Crippen LogP contribution is 2.36. The molecule has 4 rings (SSSR count). The Hall–Kier alpha value is -2.65. The smallest absolute Gasteiger partial charge is 0.380 e. The van der Waals surface area contributed by atoms with E-state index >= 15 is 0 Å². The summed E-state index contributed by atoms with van der Waals surface area (Å²) in [6.45, 7) is 2.00. The molecule has 3 aromatic rings. The van der Waals surface area contributed by atoms with Crippen LogP contribution in [0.25, 0.3) is 0 Å². The number of nitrogens with two attached hydrogens (primary N) is 1. The van der Waals surface area contributed by atoms with E-state index in [1.807, 2.05) is 42.5 Å². The lowest BCUT2D eigenvalue weighted by molar-refractivity contribution is -0.0435. The van der Waals surface area contributed by atoms with E-state index in [9.17, 15) is 30.0 Å². The third kappa shape index (κ3) is 7.31. The Morgan fingerprint density at radius 3 is 2.49 bits per heavy atom. The third-order valence-electron chi connectivity index (χ3n) is 6.28. The maximum absolute atomic E-state index is 13.5. The highest BCUT2D eigenvalue weighted by atomic mass is 32.2. The lowest BCUT2D eigenvalue weighted by atomic mass is 10.0. The summed E-state index contributed by atoms with van der Waals surface area (Å²) >= 11 is 1.47. The van der Waals surface area contributed by atoms with Crippen molar-refractivity contribution in [2.24, 2.45) is 5.14 Å². The minimum Gasteiger partial charge on any atom is -0.380 e. The predicted molar refractivity (Wildman–Crippen MR) is 143 cm³/mol. The minimum atomic E-state index is -5.88. The Balaban J connectivity index is 1.60. The average Bonchev–Trinajstić information content (AvgIpc) is 2.89. The van der Waals surface area contributed by atoms with Crippen molar-refractivity contribution in [3.8, 4) is 0 Å². The zero-order valence-electron chi connectivity index (χ0n) is 20.6. The van der Waals surface area contributed by atoms with Crippen LogP contribution >= 0.6 is 11.8 Å². The molecule has 14 heteroatoms. The Morgan fingerprint density at radius 1 is 1.05 bits per heavy atom. The molecule has 0 amide bonds. The number of thioether (sulfide) groups is 1. The van der Waals surface area contributed by atoms with E-state index in [1.54, 1.807) is 6.20 Å². The Kier molecular flexibility index (Phi) is 8.91. The average molecular weight is 601 g/mol. The fourth-order valence-corrected chi connectivity index (χ4v) is 6.77. The molecule has 0 saturated carbocycles. The number of halogens is 3. The van der Waals surface area contributed by atoms with E-state index in [1.165, 1.54) is 17.3 Å². The number of rotatable bonds is 10. The molecule has 0 aliphatic carbocycles. The molecule has 210 valence electrons. The topological polar surface area (TPSA) is 122 Å². The van der Waals surface area contributed by atoms with Crippen molar-refractivity contribution in [2.45, 2.75) is 45.6 Å². The van der Waals surface area contributed by atoms with Gasteiger partial charge in [0.2, 0.25) is 10.0 Å². The number of hydrogen-bond donors (Lipinski definition) is 2. The highest BCUT2D eigenvalue weighted by molar-refractivity contribution is 7.99. The van der Waals surface area contributed by atoms with Gasteiger partial charge in [-0.1, -0.05) is 24.3 Å². The van der Waals surface area contributed by atoms with E-state index in [0.717, 1.165) is 35.7 Å². The maximum Gasteiger partial charge on any atom is 0.501 e. The van der Waals surface area contributed by atoms with E-state index < -0.39 is 41.2 Å². The van der Waals surface area contributed by atoms with Crippen LogP contribution in [0.15, 0.2) is 81.5 Å². The predicted octanol–water partition coefficient (Wildman–Crippen LogP) is 4.04. The first-order valence-corrected chi connectivity index (χ1v) is 15.9. The summed E-state index contributed by atoms with van der Waals surface area (Å²) < 4.78 is 89.0. The molecule has 0 bridgehead atoms. The van der Waals surface area contributed by atoms with Crippen LogP contribution in [0.1, 0.15) is 17.7 Å². The number of anilines is 1. The minimum absolute atomic E-state index is 0.343. The van der Waals surface area contributed by atoms with E-state index in [-0.39, 0.29) is 5.69 Å². The molecule has 2 aromatic carbocycles. The van der Waals surface area contributed by atoms with Crippen LogP contribution < -0.4 is 10.5 Å². The van der Waals surface area contributed by atoms with Crippen LogP contribution in [-0.2, 0) is 32.8 Å². The lowest BCUT2D eigenvalue weighted by Gasteiger charge is -2.30. The molecule has 0 fully saturated rings. The van der Waals surface area contributed by atoms with Gasteiger partial charge in [0.05, 0.1) is 16.3 Å². The first kappa shape index (κ1) is 29.3. The van der Waals surface area contributed by atoms with E-state index in [4.69, 9.17) is 5.14 Å². The standard InChI is InChI=1S/C25H27F3N4O4S3/c26-25(27,28)38(33,34)24-15-21(39(29,35)36)8-9-22(24)31-19(17-37-20-6-2-1-3-7-20)11-14-32-13-10-18-5-4-12-30-23(18)16-32/h1-9,12,15,19,31H,10-11,13-14,16-17H2,(H2,29,35,36)/t19-/m1/s1. The number of nitrogens with one attached hydrogen (secondary N) is 1. The van der Waals surface area contributed by atoms with Crippen molar-refractivity contribution >= 4 is 37.3 Å². The Labute approximate surface area is 229 Å². The molecule has 0 saturated heterocycles. The van der Waals surface area contributed by atoms with Crippen LogP contribution in [0, 0.1) is 0 Å². The molecule has 39 heavy (non-hydrogen) atoms. The summed E-state index contributed by atoms with van der Waals surface area (Å²) in [5, 5.41) is 8.02. The Bertz CT molecular complexity index is 1520.